The van der Waals surface area contributed by atoms with E-state index in [4.69, 9.17) is 9.47 Å². The Balaban J connectivity index is 1.58. The van der Waals surface area contributed by atoms with Crippen molar-refractivity contribution in [3.63, 3.8) is 0 Å². The van der Waals surface area contributed by atoms with Crippen molar-refractivity contribution in [2.24, 2.45) is 0 Å². The zero-order chi connectivity index (χ0) is 23.8. The molecule has 2 heterocycles. The molecule has 1 aromatic heterocycles. The number of nitrogens with one attached hydrogen (secondary N) is 1. The largest absolute Gasteiger partial charge is 0.493 e. The Morgan fingerprint density at radius 1 is 1.03 bits per heavy atom. The third kappa shape index (κ3) is 3.98. The first kappa shape index (κ1) is 22.6. The molecule has 5 rings (SSSR count). The van der Waals surface area contributed by atoms with E-state index in [0.29, 0.717) is 18.0 Å². The van der Waals surface area contributed by atoms with Gasteiger partial charge in [0.25, 0.3) is 5.91 Å². The standard InChI is InChI=1S/C27H31N3O3S/c1-29(2)19-12-10-18(11-13-19)25-28-26(31)24-20-7-5-6-8-23(20)34-27(24)30(25)16-17-9-14-21(32-3)22(15-17)33-4/h9-15,25H,5-8,16H2,1-4H3,(H,28,31)/t25-/m0/s1. The van der Waals surface area contributed by atoms with Gasteiger partial charge in [-0.1, -0.05) is 18.2 Å². The van der Waals surface area contributed by atoms with Gasteiger partial charge in [0.05, 0.1) is 19.8 Å². The van der Waals surface area contributed by atoms with Crippen LogP contribution in [0.15, 0.2) is 42.5 Å². The van der Waals surface area contributed by atoms with E-state index in [-0.39, 0.29) is 12.1 Å². The molecule has 1 amide bonds. The zero-order valence-corrected chi connectivity index (χ0v) is 21.0. The molecule has 1 atom stereocenters. The Bertz CT molecular complexity index is 1200. The first-order chi connectivity index (χ1) is 16.5. The number of rotatable bonds is 6. The molecule has 1 aliphatic heterocycles. The summed E-state index contributed by atoms with van der Waals surface area (Å²) in [5.41, 5.74) is 5.42. The SMILES string of the molecule is COc1ccc(CN2c3sc4c(c3C(=O)N[C@@H]2c2ccc(N(C)C)cc2)CCCC4)cc1OC. The van der Waals surface area contributed by atoms with Crippen LogP contribution in [0.3, 0.4) is 0 Å². The number of ether oxygens (including phenoxy) is 2. The summed E-state index contributed by atoms with van der Waals surface area (Å²) >= 11 is 1.79. The van der Waals surface area contributed by atoms with Gasteiger partial charge in [-0.3, -0.25) is 4.79 Å². The molecule has 0 unspecified atom stereocenters. The number of amides is 1. The monoisotopic (exact) mass is 477 g/mol. The van der Waals surface area contributed by atoms with E-state index in [1.54, 1.807) is 25.6 Å². The topological polar surface area (TPSA) is 54.0 Å². The first-order valence-corrected chi connectivity index (χ1v) is 12.5. The van der Waals surface area contributed by atoms with Crippen LogP contribution >= 0.6 is 11.3 Å². The normalized spacial score (nSPS) is 17.0. The number of carbonyl (C=O) groups is 1. The lowest BCUT2D eigenvalue weighted by atomic mass is 9.94. The molecule has 1 aliphatic carbocycles. The predicted octanol–water partition coefficient (Wildman–Crippen LogP) is 5.16. The number of fused-ring (bicyclic) bond motifs is 3. The molecule has 0 saturated carbocycles. The van der Waals surface area contributed by atoms with Crippen molar-refractivity contribution < 1.29 is 14.3 Å². The van der Waals surface area contributed by atoms with Gasteiger partial charge >= 0.3 is 0 Å². The van der Waals surface area contributed by atoms with Crippen LogP contribution in [-0.4, -0.2) is 34.2 Å². The molecule has 2 aromatic carbocycles. The fourth-order valence-corrected chi connectivity index (χ4v) is 6.35. The van der Waals surface area contributed by atoms with Crippen LogP contribution in [0.5, 0.6) is 11.5 Å². The highest BCUT2D eigenvalue weighted by Gasteiger charge is 2.37. The summed E-state index contributed by atoms with van der Waals surface area (Å²) in [7, 11) is 7.36. The van der Waals surface area contributed by atoms with E-state index in [0.717, 1.165) is 46.6 Å². The lowest BCUT2D eigenvalue weighted by Gasteiger charge is -2.38. The van der Waals surface area contributed by atoms with Crippen molar-refractivity contribution in [1.82, 2.24) is 5.32 Å². The number of hydrogen-bond donors (Lipinski definition) is 1. The Morgan fingerprint density at radius 2 is 1.76 bits per heavy atom. The molecule has 3 aromatic rings. The minimum atomic E-state index is -0.246. The molecule has 0 saturated heterocycles. The number of anilines is 2. The number of methoxy groups -OCH3 is 2. The molecule has 2 aliphatic rings. The van der Waals surface area contributed by atoms with Crippen LogP contribution in [0, 0.1) is 0 Å². The minimum Gasteiger partial charge on any atom is -0.493 e. The maximum absolute atomic E-state index is 13.4. The summed E-state index contributed by atoms with van der Waals surface area (Å²) in [5.74, 6) is 1.46. The van der Waals surface area contributed by atoms with Crippen molar-refractivity contribution in [1.29, 1.82) is 0 Å². The summed E-state index contributed by atoms with van der Waals surface area (Å²) in [5, 5.41) is 4.40. The van der Waals surface area contributed by atoms with Crippen LogP contribution in [0.1, 0.15) is 50.9 Å². The summed E-state index contributed by atoms with van der Waals surface area (Å²) in [6, 6.07) is 14.5. The third-order valence-corrected chi connectivity index (χ3v) is 8.08. The Labute approximate surface area is 205 Å². The van der Waals surface area contributed by atoms with Gasteiger partial charge < -0.3 is 24.6 Å². The molecule has 0 spiro atoms. The van der Waals surface area contributed by atoms with Gasteiger partial charge in [0, 0.05) is 31.2 Å². The van der Waals surface area contributed by atoms with Crippen molar-refractivity contribution in [3.05, 3.63) is 69.6 Å². The lowest BCUT2D eigenvalue weighted by Crippen LogP contribution is -2.45. The smallest absolute Gasteiger partial charge is 0.256 e. The highest BCUT2D eigenvalue weighted by atomic mass is 32.1. The molecular formula is C27H31N3O3S. The summed E-state index contributed by atoms with van der Waals surface area (Å²) < 4.78 is 11.0. The van der Waals surface area contributed by atoms with Gasteiger partial charge in [-0.15, -0.1) is 11.3 Å². The highest BCUT2D eigenvalue weighted by Crippen LogP contribution is 2.46. The van der Waals surface area contributed by atoms with Gasteiger partial charge in [0.1, 0.15) is 11.2 Å². The van der Waals surface area contributed by atoms with Crippen molar-refractivity contribution in [2.45, 2.75) is 38.4 Å². The predicted molar refractivity (Wildman–Crippen MR) is 138 cm³/mol. The molecule has 178 valence electrons. The summed E-state index contributed by atoms with van der Waals surface area (Å²) in [6.45, 7) is 0.646. The fraction of sp³-hybridized carbons (Fsp3) is 0.370. The van der Waals surface area contributed by atoms with E-state index >= 15 is 0 Å². The molecule has 1 N–H and O–H groups in total. The van der Waals surface area contributed by atoms with Gasteiger partial charge in [-0.2, -0.15) is 0 Å². The quantitative estimate of drug-likeness (QED) is 0.532. The molecule has 0 radical (unpaired) electrons. The van der Waals surface area contributed by atoms with Gasteiger partial charge in [-0.05, 0) is 66.6 Å². The van der Waals surface area contributed by atoms with E-state index in [2.05, 4.69) is 45.4 Å². The van der Waals surface area contributed by atoms with Crippen molar-refractivity contribution in [2.75, 3.05) is 38.1 Å². The van der Waals surface area contributed by atoms with E-state index in [1.807, 2.05) is 26.2 Å². The summed E-state index contributed by atoms with van der Waals surface area (Å²) in [4.78, 5) is 19.2. The zero-order valence-electron chi connectivity index (χ0n) is 20.2. The average molecular weight is 478 g/mol. The second-order valence-electron chi connectivity index (χ2n) is 9.07. The Kier molecular flexibility index (Phi) is 6.13. The third-order valence-electron chi connectivity index (χ3n) is 6.75. The maximum Gasteiger partial charge on any atom is 0.256 e. The van der Waals surface area contributed by atoms with E-state index in [1.165, 1.54) is 16.9 Å². The molecule has 0 bridgehead atoms. The molecule has 7 heteroatoms. The molecule has 0 fully saturated rings. The molecule has 34 heavy (non-hydrogen) atoms. The number of nitrogens with zero attached hydrogens (tertiary/aromatic N) is 2. The number of benzene rings is 2. The van der Waals surface area contributed by atoms with Gasteiger partial charge in [0.2, 0.25) is 0 Å². The molecule has 6 nitrogen and oxygen atoms in total. The van der Waals surface area contributed by atoms with Gasteiger partial charge in [-0.25, -0.2) is 0 Å². The number of thiophene rings is 1. The van der Waals surface area contributed by atoms with Crippen molar-refractivity contribution >= 4 is 27.9 Å². The second-order valence-corrected chi connectivity index (χ2v) is 10.2. The van der Waals surface area contributed by atoms with Crippen LogP contribution in [-0.2, 0) is 19.4 Å². The lowest BCUT2D eigenvalue weighted by molar-refractivity contribution is 0.0925. The number of hydrogen-bond acceptors (Lipinski definition) is 6. The van der Waals surface area contributed by atoms with Crippen LogP contribution < -0.4 is 24.6 Å². The average Bonchev–Trinajstić information content (AvgIpc) is 3.26. The van der Waals surface area contributed by atoms with E-state index in [9.17, 15) is 4.79 Å². The Morgan fingerprint density at radius 3 is 2.47 bits per heavy atom. The van der Waals surface area contributed by atoms with Crippen LogP contribution in [0.25, 0.3) is 0 Å². The fourth-order valence-electron chi connectivity index (χ4n) is 4.94. The maximum atomic E-state index is 13.4. The second kappa shape index (κ2) is 9.22. The number of aryl methyl sites for hydroxylation is 1. The van der Waals surface area contributed by atoms with Gasteiger partial charge in [0.15, 0.2) is 11.5 Å². The summed E-state index contributed by atoms with van der Waals surface area (Å²) in [6.07, 6.45) is 4.14. The first-order valence-electron chi connectivity index (χ1n) is 11.7. The number of carbonyl (C=O) groups excluding carboxylic acids is 1. The minimum absolute atomic E-state index is 0.0413. The molecular weight excluding hydrogens is 446 g/mol. The van der Waals surface area contributed by atoms with Crippen LogP contribution in [0.2, 0.25) is 0 Å². The Hall–Kier alpha value is -3.19. The highest BCUT2D eigenvalue weighted by molar-refractivity contribution is 7.16. The van der Waals surface area contributed by atoms with Crippen LogP contribution in [0.4, 0.5) is 10.7 Å². The van der Waals surface area contributed by atoms with Crippen molar-refractivity contribution in [3.8, 4) is 11.5 Å². The van der Waals surface area contributed by atoms with E-state index < -0.39 is 0 Å².